The number of pyridine rings is 1. The van der Waals surface area contributed by atoms with E-state index in [0.29, 0.717) is 0 Å². The van der Waals surface area contributed by atoms with E-state index in [2.05, 4.69) is 20.5 Å². The van der Waals surface area contributed by atoms with E-state index >= 15 is 0 Å². The van der Waals surface area contributed by atoms with Gasteiger partial charge in [0.05, 0.1) is 5.69 Å². The van der Waals surface area contributed by atoms with Crippen molar-refractivity contribution in [2.45, 2.75) is 11.7 Å². The molecule has 0 aliphatic heterocycles. The number of amides is 1. The van der Waals surface area contributed by atoms with Crippen molar-refractivity contribution in [3.05, 3.63) is 53.7 Å². The predicted octanol–water partition coefficient (Wildman–Crippen LogP) is 3.59. The second kappa shape index (κ2) is 8.27. The van der Waals surface area contributed by atoms with Crippen LogP contribution in [-0.4, -0.2) is 35.0 Å². The number of aromatic amines is 1. The third-order valence-corrected chi connectivity index (χ3v) is 5.14. The number of carbonyl (C=O) groups excluding carboxylic acids is 1. The van der Waals surface area contributed by atoms with E-state index in [4.69, 9.17) is 5.73 Å². The molecule has 0 aliphatic rings. The molecule has 1 amide bonds. The molecule has 2 heterocycles. The largest absolute Gasteiger partial charge is 0.516 e. The number of H-pyrrole nitrogens is 1. The minimum absolute atomic E-state index is 0.0257. The Hall–Kier alpha value is -3.82. The molecule has 5 N–H and O–H groups in total. The van der Waals surface area contributed by atoms with E-state index in [1.54, 1.807) is 0 Å². The van der Waals surface area contributed by atoms with Crippen molar-refractivity contribution >= 4 is 33.3 Å². The Kier molecular flexibility index (Phi) is 5.97. The van der Waals surface area contributed by atoms with Crippen LogP contribution in [0.25, 0.3) is 11.3 Å². The zero-order valence-electron chi connectivity index (χ0n) is 15.9. The number of aromatic nitrogens is 3. The number of nitrogens with zero attached hydrogens (tertiary/aromatic N) is 2. The summed E-state index contributed by atoms with van der Waals surface area (Å²) in [5, 5.41) is 8.69. The van der Waals surface area contributed by atoms with Crippen LogP contribution < -0.4 is 15.8 Å². The van der Waals surface area contributed by atoms with Gasteiger partial charge in [-0.3, -0.25) is 14.6 Å². The van der Waals surface area contributed by atoms with Gasteiger partial charge >= 0.3 is 21.7 Å². The maximum absolute atomic E-state index is 12.8. The summed E-state index contributed by atoms with van der Waals surface area (Å²) in [5.74, 6) is -1.58. The van der Waals surface area contributed by atoms with Gasteiger partial charge < -0.3 is 11.1 Å². The van der Waals surface area contributed by atoms with E-state index in [1.165, 1.54) is 22.9 Å². The Balaban J connectivity index is 1.91. The fourth-order valence-electron chi connectivity index (χ4n) is 2.58. The second-order valence-electron chi connectivity index (χ2n) is 6.35. The number of sulfonamides is 1. The topological polar surface area (TPSA) is 143 Å². The van der Waals surface area contributed by atoms with Gasteiger partial charge in [-0.2, -0.15) is 39.9 Å². The van der Waals surface area contributed by atoms with Crippen molar-refractivity contribution in [1.29, 1.82) is 0 Å². The predicted molar refractivity (Wildman–Crippen MR) is 104 cm³/mol. The van der Waals surface area contributed by atoms with Crippen LogP contribution in [0.3, 0.4) is 0 Å². The standard InChI is InChI=1S/C17H12F6N6O3S/c18-16(19,20)10-2-1-3-11(25-10)26-15-12(14(24)30)13(27-28-15)8-4-6-9(7-5-8)29-33(31,32)17(21,22)23/h1-7,29H,(H2,24,30)(H2,25,26,27,28). The number of hydrogen-bond donors (Lipinski definition) is 4. The summed E-state index contributed by atoms with van der Waals surface area (Å²) < 4.78 is 99.7. The van der Waals surface area contributed by atoms with Gasteiger partial charge in [-0.15, -0.1) is 0 Å². The minimum Gasteiger partial charge on any atom is -0.365 e. The lowest BCUT2D eigenvalue weighted by Gasteiger charge is -2.11. The lowest BCUT2D eigenvalue weighted by molar-refractivity contribution is -0.141. The molecule has 0 atom stereocenters. The molecule has 2 aromatic heterocycles. The molecule has 0 saturated heterocycles. The number of alkyl halides is 6. The van der Waals surface area contributed by atoms with Gasteiger partial charge in [0.15, 0.2) is 5.82 Å². The third-order valence-electron chi connectivity index (χ3n) is 4.03. The van der Waals surface area contributed by atoms with Crippen LogP contribution in [-0.2, 0) is 16.2 Å². The molecular weight excluding hydrogens is 482 g/mol. The van der Waals surface area contributed by atoms with E-state index in [-0.39, 0.29) is 28.5 Å². The average Bonchev–Trinajstić information content (AvgIpc) is 3.11. The summed E-state index contributed by atoms with van der Waals surface area (Å²) in [6, 6.07) is 7.33. The number of hydrogen-bond acceptors (Lipinski definition) is 6. The molecule has 0 unspecified atom stereocenters. The highest BCUT2D eigenvalue weighted by Gasteiger charge is 2.46. The molecule has 176 valence electrons. The van der Waals surface area contributed by atoms with E-state index in [0.717, 1.165) is 24.3 Å². The number of nitrogens with one attached hydrogen (secondary N) is 3. The maximum Gasteiger partial charge on any atom is 0.516 e. The van der Waals surface area contributed by atoms with Crippen molar-refractivity contribution in [3.63, 3.8) is 0 Å². The van der Waals surface area contributed by atoms with Gasteiger partial charge in [0, 0.05) is 11.3 Å². The van der Waals surface area contributed by atoms with Crippen LogP contribution in [0.1, 0.15) is 16.1 Å². The summed E-state index contributed by atoms with van der Waals surface area (Å²) in [6.45, 7) is 0. The highest BCUT2D eigenvalue weighted by Crippen LogP contribution is 2.32. The van der Waals surface area contributed by atoms with Gasteiger partial charge in [-0.25, -0.2) is 4.98 Å². The molecule has 1 aromatic carbocycles. The highest BCUT2D eigenvalue weighted by atomic mass is 32.2. The van der Waals surface area contributed by atoms with Crippen LogP contribution in [0, 0.1) is 0 Å². The van der Waals surface area contributed by atoms with Crippen LogP contribution in [0.2, 0.25) is 0 Å². The van der Waals surface area contributed by atoms with Gasteiger partial charge in [-0.1, -0.05) is 18.2 Å². The van der Waals surface area contributed by atoms with Crippen LogP contribution in [0.4, 0.5) is 43.7 Å². The second-order valence-corrected chi connectivity index (χ2v) is 8.02. The van der Waals surface area contributed by atoms with Gasteiger partial charge in [-0.05, 0) is 24.3 Å². The Labute approximate surface area is 181 Å². The van der Waals surface area contributed by atoms with Gasteiger partial charge in [0.1, 0.15) is 17.1 Å². The fraction of sp³-hybridized carbons (Fsp3) is 0.118. The molecule has 9 nitrogen and oxygen atoms in total. The van der Waals surface area contributed by atoms with E-state index < -0.39 is 39.0 Å². The van der Waals surface area contributed by atoms with E-state index in [1.807, 2.05) is 0 Å². The molecule has 16 heteroatoms. The molecule has 0 saturated carbocycles. The van der Waals surface area contributed by atoms with Crippen molar-refractivity contribution < 1.29 is 39.6 Å². The van der Waals surface area contributed by atoms with Crippen molar-refractivity contribution in [2.24, 2.45) is 5.73 Å². The molecule has 3 rings (SSSR count). The van der Waals surface area contributed by atoms with Crippen LogP contribution in [0.15, 0.2) is 42.5 Å². The third kappa shape index (κ3) is 5.16. The molecule has 33 heavy (non-hydrogen) atoms. The monoisotopic (exact) mass is 494 g/mol. The van der Waals surface area contributed by atoms with Gasteiger partial charge in [0.25, 0.3) is 5.91 Å². The maximum atomic E-state index is 12.8. The molecular formula is C17H12F6N6O3S. The fourth-order valence-corrected chi connectivity index (χ4v) is 3.14. The molecule has 0 spiro atoms. The summed E-state index contributed by atoms with van der Waals surface area (Å²) in [6.07, 6.45) is -4.71. The number of carbonyl (C=O) groups is 1. The van der Waals surface area contributed by atoms with Crippen LogP contribution >= 0.6 is 0 Å². The SMILES string of the molecule is NC(=O)c1c(Nc2cccc(C(F)(F)F)n2)n[nH]c1-c1ccc(NS(=O)(=O)C(F)(F)F)cc1. The number of primary amides is 1. The normalized spacial score (nSPS) is 12.4. The summed E-state index contributed by atoms with van der Waals surface area (Å²) in [5.41, 5.74) is -1.92. The first-order valence-corrected chi connectivity index (χ1v) is 10.1. The Morgan fingerprint density at radius 2 is 1.64 bits per heavy atom. The van der Waals surface area contributed by atoms with Crippen molar-refractivity contribution in [2.75, 3.05) is 10.0 Å². The molecule has 0 bridgehead atoms. The molecule has 0 fully saturated rings. The Morgan fingerprint density at radius 3 is 2.18 bits per heavy atom. The zero-order valence-corrected chi connectivity index (χ0v) is 16.7. The number of benzene rings is 1. The highest BCUT2D eigenvalue weighted by molar-refractivity contribution is 7.93. The van der Waals surface area contributed by atoms with Gasteiger partial charge in [0.2, 0.25) is 0 Å². The Morgan fingerprint density at radius 1 is 1.00 bits per heavy atom. The number of nitrogens with two attached hydrogens (primary N) is 1. The van der Waals surface area contributed by atoms with Crippen molar-refractivity contribution in [3.8, 4) is 11.3 Å². The molecule has 0 aliphatic carbocycles. The minimum atomic E-state index is -5.64. The molecule has 3 aromatic rings. The number of rotatable bonds is 6. The Bertz CT molecular complexity index is 1290. The van der Waals surface area contributed by atoms with Crippen LogP contribution in [0.5, 0.6) is 0 Å². The quantitative estimate of drug-likeness (QED) is 0.386. The number of anilines is 3. The van der Waals surface area contributed by atoms with Crippen molar-refractivity contribution in [1.82, 2.24) is 15.2 Å². The lowest BCUT2D eigenvalue weighted by atomic mass is 10.1. The zero-order chi connectivity index (χ0) is 24.6. The first-order valence-electron chi connectivity index (χ1n) is 8.58. The summed E-state index contributed by atoms with van der Waals surface area (Å²) in [4.78, 5) is 15.4. The molecule has 0 radical (unpaired) electrons. The smallest absolute Gasteiger partial charge is 0.365 e. The first-order chi connectivity index (χ1) is 15.2. The number of halogens is 6. The van der Waals surface area contributed by atoms with E-state index in [9.17, 15) is 39.6 Å². The summed E-state index contributed by atoms with van der Waals surface area (Å²) in [7, 11) is -5.64. The average molecular weight is 494 g/mol. The lowest BCUT2D eigenvalue weighted by Crippen LogP contribution is -2.29. The summed E-state index contributed by atoms with van der Waals surface area (Å²) >= 11 is 0. The first kappa shape index (κ1) is 23.8.